The van der Waals surface area contributed by atoms with Gasteiger partial charge < -0.3 is 4.90 Å². The van der Waals surface area contributed by atoms with Crippen LogP contribution in [0.25, 0.3) is 5.65 Å². The van der Waals surface area contributed by atoms with Crippen molar-refractivity contribution < 1.29 is 22.0 Å². The van der Waals surface area contributed by atoms with E-state index in [4.69, 9.17) is 22.9 Å². The number of alkyl halides is 3. The number of hydrogen-bond donors (Lipinski definition) is 1. The summed E-state index contributed by atoms with van der Waals surface area (Å²) in [6.45, 7) is 4.62. The molecule has 13 heteroatoms. The number of pyridine rings is 1. The third kappa shape index (κ3) is 3.69. The molecule has 1 N–H and O–H groups in total. The summed E-state index contributed by atoms with van der Waals surface area (Å²) in [6.07, 6.45) is -3.66. The Hall–Kier alpha value is -3.92. The second-order valence-electron chi connectivity index (χ2n) is 8.47. The second kappa shape index (κ2) is 8.34. The van der Waals surface area contributed by atoms with Gasteiger partial charge in [0.1, 0.15) is 5.84 Å². The van der Waals surface area contributed by atoms with Gasteiger partial charge in [-0.3, -0.25) is 19.5 Å². The van der Waals surface area contributed by atoms with Crippen molar-refractivity contribution in [3.05, 3.63) is 69.3 Å². The van der Waals surface area contributed by atoms with Gasteiger partial charge in [0.25, 0.3) is 5.56 Å². The van der Waals surface area contributed by atoms with E-state index in [-0.39, 0.29) is 34.4 Å². The lowest BCUT2D eigenvalue weighted by atomic mass is 10.0. The van der Waals surface area contributed by atoms with Crippen LogP contribution >= 0.6 is 12.2 Å². The van der Waals surface area contributed by atoms with E-state index in [9.17, 15) is 22.4 Å². The van der Waals surface area contributed by atoms with Crippen LogP contribution in [0.15, 0.2) is 35.3 Å². The van der Waals surface area contributed by atoms with Crippen molar-refractivity contribution in [2.75, 3.05) is 9.80 Å². The lowest BCUT2D eigenvalue weighted by Gasteiger charge is -2.30. The van der Waals surface area contributed by atoms with Crippen LogP contribution in [0.5, 0.6) is 0 Å². The third-order valence-corrected chi connectivity index (χ3v) is 6.27. The molecule has 36 heavy (non-hydrogen) atoms. The molecule has 186 valence electrons. The summed E-state index contributed by atoms with van der Waals surface area (Å²) < 4.78 is 70.8. The Balaban J connectivity index is 1.89. The van der Waals surface area contributed by atoms with Gasteiger partial charge in [-0.05, 0) is 50.7 Å². The zero-order valence-electron chi connectivity index (χ0n) is 19.0. The second-order valence-corrected chi connectivity index (χ2v) is 8.84. The minimum Gasteiger partial charge on any atom is -0.304 e. The molecule has 3 aromatic rings. The van der Waals surface area contributed by atoms with Gasteiger partial charge in [0.2, 0.25) is 5.82 Å². The molecule has 2 aromatic heterocycles. The van der Waals surface area contributed by atoms with Gasteiger partial charge in [-0.15, -0.1) is 0 Å². The number of anilines is 2. The summed E-state index contributed by atoms with van der Waals surface area (Å²) in [4.78, 5) is 18.8. The standard InChI is InChI=1S/C23H17F5N6OS/c1-4-16-17(25)19(35)32-10-13(8-15(24)18(32)31-16)34-21(36)33(20(30)22(34,2)3)12-6-5-11(9-29)14(7-12)23(26,27)28/h5-8,10,30H,4H2,1-3H3. The van der Waals surface area contributed by atoms with Crippen molar-refractivity contribution >= 4 is 40.2 Å². The molecule has 0 bridgehead atoms. The maximum atomic E-state index is 15.1. The zero-order valence-corrected chi connectivity index (χ0v) is 19.9. The highest BCUT2D eigenvalue weighted by Gasteiger charge is 2.48. The summed E-state index contributed by atoms with van der Waals surface area (Å²) in [7, 11) is 0. The van der Waals surface area contributed by atoms with Gasteiger partial charge in [-0.2, -0.15) is 22.8 Å². The predicted octanol–water partition coefficient (Wildman–Crippen LogP) is 4.79. The van der Waals surface area contributed by atoms with E-state index < -0.39 is 45.7 Å². The van der Waals surface area contributed by atoms with Crippen molar-refractivity contribution in [2.45, 2.75) is 38.9 Å². The van der Waals surface area contributed by atoms with E-state index in [1.54, 1.807) is 6.92 Å². The molecule has 0 atom stereocenters. The number of nitrogens with one attached hydrogen (secondary N) is 1. The smallest absolute Gasteiger partial charge is 0.304 e. The Morgan fingerprint density at radius 1 is 1.19 bits per heavy atom. The maximum absolute atomic E-state index is 15.1. The molecule has 0 aliphatic carbocycles. The van der Waals surface area contributed by atoms with Gasteiger partial charge in [0, 0.05) is 12.3 Å². The first kappa shape index (κ1) is 25.2. The van der Waals surface area contributed by atoms with Crippen LogP contribution in [0, 0.1) is 28.4 Å². The minimum absolute atomic E-state index is 0.0421. The van der Waals surface area contributed by atoms with Crippen LogP contribution in [0.4, 0.5) is 33.3 Å². The van der Waals surface area contributed by atoms with Crippen LogP contribution in [0.1, 0.15) is 37.6 Å². The average Bonchev–Trinajstić information content (AvgIpc) is 2.98. The summed E-state index contributed by atoms with van der Waals surface area (Å²) in [5.41, 5.74) is -5.03. The molecule has 0 spiro atoms. The topological polar surface area (TPSA) is 88.5 Å². The van der Waals surface area contributed by atoms with E-state index >= 15 is 4.39 Å². The fourth-order valence-corrected chi connectivity index (χ4v) is 4.59. The van der Waals surface area contributed by atoms with Crippen molar-refractivity contribution in [1.82, 2.24) is 9.38 Å². The number of aryl methyl sites for hydroxylation is 1. The van der Waals surface area contributed by atoms with Gasteiger partial charge in [0.05, 0.1) is 39.8 Å². The molecule has 3 heterocycles. The van der Waals surface area contributed by atoms with Crippen molar-refractivity contribution in [3.8, 4) is 6.07 Å². The SMILES string of the molecule is CCc1nc2c(F)cc(N3C(=S)N(c4ccc(C#N)c(C(F)(F)F)c4)C(=N)C3(C)C)cn2c(=O)c1F. The van der Waals surface area contributed by atoms with Gasteiger partial charge in [-0.1, -0.05) is 6.92 Å². The molecular formula is C23H17F5N6OS. The lowest BCUT2D eigenvalue weighted by molar-refractivity contribution is -0.137. The number of nitriles is 1. The third-order valence-electron chi connectivity index (χ3n) is 5.90. The molecule has 1 saturated heterocycles. The van der Waals surface area contributed by atoms with Crippen LogP contribution in [-0.2, 0) is 12.6 Å². The molecule has 1 aromatic carbocycles. The minimum atomic E-state index is -4.84. The molecule has 7 nitrogen and oxygen atoms in total. The molecule has 4 rings (SSSR count). The number of rotatable bonds is 3. The number of fused-ring (bicyclic) bond motifs is 1. The number of benzene rings is 1. The Labute approximate surface area is 206 Å². The van der Waals surface area contributed by atoms with Crippen LogP contribution in [0.3, 0.4) is 0 Å². The summed E-state index contributed by atoms with van der Waals surface area (Å²) in [5, 5.41) is 17.5. The fourth-order valence-electron chi connectivity index (χ4n) is 4.06. The summed E-state index contributed by atoms with van der Waals surface area (Å²) in [5.74, 6) is -2.34. The van der Waals surface area contributed by atoms with Gasteiger partial charge in [-0.25, -0.2) is 9.37 Å². The Morgan fingerprint density at radius 3 is 2.44 bits per heavy atom. The van der Waals surface area contributed by atoms with Crippen molar-refractivity contribution in [1.29, 1.82) is 10.7 Å². The molecule has 0 radical (unpaired) electrons. The van der Waals surface area contributed by atoms with E-state index in [2.05, 4.69) is 4.98 Å². The van der Waals surface area contributed by atoms with Crippen LogP contribution in [-0.4, -0.2) is 25.9 Å². The average molecular weight is 520 g/mol. The maximum Gasteiger partial charge on any atom is 0.417 e. The molecular weight excluding hydrogens is 503 g/mol. The number of amidine groups is 1. The molecule has 1 fully saturated rings. The molecule has 1 aliphatic heterocycles. The summed E-state index contributed by atoms with van der Waals surface area (Å²) in [6, 6.07) is 5.38. The Morgan fingerprint density at radius 2 is 1.86 bits per heavy atom. The zero-order chi connectivity index (χ0) is 26.7. The molecule has 1 aliphatic rings. The van der Waals surface area contributed by atoms with Crippen LogP contribution in [0.2, 0.25) is 0 Å². The highest BCUT2D eigenvalue weighted by Crippen LogP contribution is 2.40. The van der Waals surface area contributed by atoms with E-state index in [0.717, 1.165) is 23.2 Å². The largest absolute Gasteiger partial charge is 0.417 e. The first-order valence-corrected chi connectivity index (χ1v) is 10.9. The van der Waals surface area contributed by atoms with Gasteiger partial charge in [0.15, 0.2) is 16.6 Å². The van der Waals surface area contributed by atoms with E-state index in [0.29, 0.717) is 10.5 Å². The van der Waals surface area contributed by atoms with Crippen molar-refractivity contribution in [2.24, 2.45) is 0 Å². The Bertz CT molecular complexity index is 1560. The van der Waals surface area contributed by atoms with E-state index in [1.165, 1.54) is 30.9 Å². The number of nitrogens with zero attached hydrogens (tertiary/aromatic N) is 5. The predicted molar refractivity (Wildman–Crippen MR) is 126 cm³/mol. The first-order chi connectivity index (χ1) is 16.7. The lowest BCUT2D eigenvalue weighted by Crippen LogP contribution is -2.44. The number of thiocarbonyl (C=S) groups is 1. The molecule has 0 unspecified atom stereocenters. The highest BCUT2D eigenvalue weighted by atomic mass is 32.1. The fraction of sp³-hybridized carbons (Fsp3) is 0.261. The number of hydrogen-bond acceptors (Lipinski definition) is 5. The quantitative estimate of drug-likeness (QED) is 0.395. The summed E-state index contributed by atoms with van der Waals surface area (Å²) >= 11 is 5.48. The number of aromatic nitrogens is 2. The Kier molecular flexibility index (Phi) is 5.83. The highest BCUT2D eigenvalue weighted by molar-refractivity contribution is 7.81. The number of halogens is 5. The molecule has 0 amide bonds. The van der Waals surface area contributed by atoms with E-state index in [1.807, 2.05) is 0 Å². The van der Waals surface area contributed by atoms with Gasteiger partial charge >= 0.3 is 6.18 Å². The monoisotopic (exact) mass is 520 g/mol. The van der Waals surface area contributed by atoms with Crippen LogP contribution < -0.4 is 15.4 Å². The molecule has 0 saturated carbocycles. The first-order valence-electron chi connectivity index (χ1n) is 10.5. The normalized spacial score (nSPS) is 15.6. The van der Waals surface area contributed by atoms with Crippen molar-refractivity contribution in [3.63, 3.8) is 0 Å².